The molecule has 33 heavy (non-hydrogen) atoms. The lowest BCUT2D eigenvalue weighted by atomic mass is 10.0. The van der Waals surface area contributed by atoms with Gasteiger partial charge in [0.25, 0.3) is 0 Å². The highest BCUT2D eigenvalue weighted by Crippen LogP contribution is 2.36. The Hall–Kier alpha value is -3.45. The number of aryl methyl sites for hydroxylation is 3. The average Bonchev–Trinajstić information content (AvgIpc) is 3.38. The van der Waals surface area contributed by atoms with Crippen LogP contribution in [0.2, 0.25) is 0 Å². The van der Waals surface area contributed by atoms with E-state index in [1.54, 1.807) is 6.92 Å². The fraction of sp³-hybridized carbons (Fsp3) is 0.269. The third kappa shape index (κ3) is 4.83. The fourth-order valence-electron chi connectivity index (χ4n) is 3.87. The third-order valence-corrected chi connectivity index (χ3v) is 6.51. The summed E-state index contributed by atoms with van der Waals surface area (Å²) in [5, 5.41) is 5.36. The zero-order chi connectivity index (χ0) is 23.4. The number of carbonyl (C=O) groups is 2. The molecule has 0 saturated heterocycles. The van der Waals surface area contributed by atoms with Crippen molar-refractivity contribution in [2.75, 3.05) is 11.9 Å². The van der Waals surface area contributed by atoms with Crippen LogP contribution in [-0.4, -0.2) is 27.9 Å². The topological polar surface area (TPSA) is 72.7 Å². The van der Waals surface area contributed by atoms with Crippen molar-refractivity contribution in [1.82, 2.24) is 9.38 Å². The Labute approximate surface area is 197 Å². The van der Waals surface area contributed by atoms with Gasteiger partial charge in [-0.3, -0.25) is 4.79 Å². The summed E-state index contributed by atoms with van der Waals surface area (Å²) in [4.78, 5) is 30.2. The van der Waals surface area contributed by atoms with Crippen LogP contribution in [0, 0.1) is 6.92 Å². The molecular weight excluding hydrogens is 434 g/mol. The summed E-state index contributed by atoms with van der Waals surface area (Å²) in [6.07, 6.45) is 3.73. The predicted octanol–water partition coefficient (Wildman–Crippen LogP) is 5.68. The quantitative estimate of drug-likeness (QED) is 0.343. The van der Waals surface area contributed by atoms with Gasteiger partial charge in [0.1, 0.15) is 16.2 Å². The molecule has 0 aliphatic heterocycles. The molecule has 4 aromatic rings. The largest absolute Gasteiger partial charge is 0.462 e. The molecule has 170 valence electrons. The normalized spacial score (nSPS) is 11.0. The van der Waals surface area contributed by atoms with E-state index in [1.165, 1.54) is 16.9 Å². The lowest BCUT2D eigenvalue weighted by Gasteiger charge is -2.09. The first kappa shape index (κ1) is 22.7. The maximum Gasteiger partial charge on any atom is 0.341 e. The summed E-state index contributed by atoms with van der Waals surface area (Å²) in [5.41, 5.74) is 6.12. The number of fused-ring (bicyclic) bond motifs is 1. The molecule has 0 saturated carbocycles. The number of rotatable bonds is 8. The number of hydrogen-bond acceptors (Lipinski definition) is 5. The molecule has 0 atom stereocenters. The average molecular weight is 462 g/mol. The summed E-state index contributed by atoms with van der Waals surface area (Å²) in [7, 11) is 0. The molecule has 0 unspecified atom stereocenters. The van der Waals surface area contributed by atoms with Crippen molar-refractivity contribution in [2.45, 2.75) is 40.0 Å². The standard InChI is InChI=1S/C26H27N3O3S/c1-4-18-9-11-19(12-10-18)20-16-33-25(24(20)26(31)32-5-2)28-23(30)14-13-21-17(3)27-22-8-6-7-15-29(21)22/h6-12,15-16H,4-5,13-14H2,1-3H3,(H,28,30). The number of anilines is 1. The summed E-state index contributed by atoms with van der Waals surface area (Å²) in [6, 6.07) is 14.0. The maximum atomic E-state index is 12.8. The van der Waals surface area contributed by atoms with Crippen molar-refractivity contribution < 1.29 is 14.3 Å². The molecule has 3 heterocycles. The number of thiophene rings is 1. The highest BCUT2D eigenvalue weighted by Gasteiger charge is 2.23. The smallest absolute Gasteiger partial charge is 0.341 e. The summed E-state index contributed by atoms with van der Waals surface area (Å²) >= 11 is 1.34. The molecule has 3 aromatic heterocycles. The summed E-state index contributed by atoms with van der Waals surface area (Å²) in [5.74, 6) is -0.582. The molecule has 7 heteroatoms. The number of nitrogens with one attached hydrogen (secondary N) is 1. The van der Waals surface area contributed by atoms with Gasteiger partial charge in [-0.25, -0.2) is 9.78 Å². The van der Waals surface area contributed by atoms with Gasteiger partial charge in [0, 0.05) is 29.3 Å². The maximum absolute atomic E-state index is 12.8. The van der Waals surface area contributed by atoms with Crippen LogP contribution in [0.1, 0.15) is 47.6 Å². The van der Waals surface area contributed by atoms with E-state index in [2.05, 4.69) is 29.4 Å². The summed E-state index contributed by atoms with van der Waals surface area (Å²) in [6.45, 7) is 6.10. The van der Waals surface area contributed by atoms with Crippen LogP contribution in [0.5, 0.6) is 0 Å². The molecule has 0 bridgehead atoms. The number of pyridine rings is 1. The molecule has 1 N–H and O–H groups in total. The molecule has 0 fully saturated rings. The van der Waals surface area contributed by atoms with Crippen LogP contribution in [-0.2, 0) is 22.4 Å². The van der Waals surface area contributed by atoms with E-state index in [0.717, 1.165) is 34.6 Å². The molecule has 6 nitrogen and oxygen atoms in total. The lowest BCUT2D eigenvalue weighted by Crippen LogP contribution is -2.15. The van der Waals surface area contributed by atoms with Crippen molar-refractivity contribution in [3.63, 3.8) is 0 Å². The molecule has 1 aromatic carbocycles. The van der Waals surface area contributed by atoms with Gasteiger partial charge in [-0.05, 0) is 49.9 Å². The van der Waals surface area contributed by atoms with Crippen LogP contribution in [0.25, 0.3) is 16.8 Å². The third-order valence-electron chi connectivity index (χ3n) is 5.61. The van der Waals surface area contributed by atoms with Gasteiger partial charge in [-0.1, -0.05) is 37.3 Å². The van der Waals surface area contributed by atoms with Crippen LogP contribution in [0.3, 0.4) is 0 Å². The molecule has 0 aliphatic rings. The van der Waals surface area contributed by atoms with Crippen molar-refractivity contribution >= 4 is 33.9 Å². The number of nitrogens with zero attached hydrogens (tertiary/aromatic N) is 2. The van der Waals surface area contributed by atoms with Crippen molar-refractivity contribution in [3.8, 4) is 11.1 Å². The number of benzene rings is 1. The number of carbonyl (C=O) groups excluding carboxylic acids is 2. The number of esters is 1. The fourth-order valence-corrected chi connectivity index (χ4v) is 4.85. The van der Waals surface area contributed by atoms with E-state index in [9.17, 15) is 9.59 Å². The van der Waals surface area contributed by atoms with Crippen molar-refractivity contribution in [2.24, 2.45) is 0 Å². The molecular formula is C26H27N3O3S. The van der Waals surface area contributed by atoms with E-state index >= 15 is 0 Å². The van der Waals surface area contributed by atoms with Crippen molar-refractivity contribution in [3.05, 3.63) is 76.6 Å². The zero-order valence-corrected chi connectivity index (χ0v) is 19.9. The van der Waals surface area contributed by atoms with Crippen LogP contribution >= 0.6 is 11.3 Å². The SMILES string of the molecule is CCOC(=O)c1c(-c2ccc(CC)cc2)csc1NC(=O)CCc1c(C)nc2ccccn12. The molecule has 0 aliphatic carbocycles. The Morgan fingerprint density at radius 1 is 1.12 bits per heavy atom. The van der Waals surface area contributed by atoms with Crippen molar-refractivity contribution in [1.29, 1.82) is 0 Å². The second kappa shape index (κ2) is 10.0. The van der Waals surface area contributed by atoms with Crippen LogP contribution < -0.4 is 5.32 Å². The second-order valence-corrected chi connectivity index (χ2v) is 8.63. The van der Waals surface area contributed by atoms with Gasteiger partial charge in [0.05, 0.1) is 12.3 Å². The highest BCUT2D eigenvalue weighted by molar-refractivity contribution is 7.15. The van der Waals surface area contributed by atoms with E-state index < -0.39 is 5.97 Å². The Morgan fingerprint density at radius 2 is 1.91 bits per heavy atom. The minimum atomic E-state index is -0.429. The minimum Gasteiger partial charge on any atom is -0.462 e. The van der Waals surface area contributed by atoms with Crippen LogP contribution in [0.4, 0.5) is 5.00 Å². The Morgan fingerprint density at radius 3 is 2.64 bits per heavy atom. The first-order valence-corrected chi connectivity index (χ1v) is 12.0. The van der Waals surface area contributed by atoms with E-state index in [0.29, 0.717) is 17.0 Å². The van der Waals surface area contributed by atoms with Gasteiger partial charge in [0.2, 0.25) is 5.91 Å². The van der Waals surface area contributed by atoms with Gasteiger partial charge in [0.15, 0.2) is 0 Å². The zero-order valence-electron chi connectivity index (χ0n) is 19.1. The Balaban J connectivity index is 1.55. The first-order chi connectivity index (χ1) is 16.0. The number of imidazole rings is 1. The van der Waals surface area contributed by atoms with Gasteiger partial charge in [-0.15, -0.1) is 11.3 Å². The monoisotopic (exact) mass is 461 g/mol. The molecule has 4 rings (SSSR count). The Kier molecular flexibility index (Phi) is 6.89. The molecule has 0 radical (unpaired) electrons. The predicted molar refractivity (Wildman–Crippen MR) is 132 cm³/mol. The van der Waals surface area contributed by atoms with Gasteiger partial charge < -0.3 is 14.5 Å². The highest BCUT2D eigenvalue weighted by atomic mass is 32.1. The number of ether oxygens (including phenoxy) is 1. The van der Waals surface area contributed by atoms with Gasteiger partial charge >= 0.3 is 5.97 Å². The minimum absolute atomic E-state index is 0.152. The van der Waals surface area contributed by atoms with E-state index in [-0.39, 0.29) is 18.9 Å². The van der Waals surface area contributed by atoms with E-state index in [1.807, 2.05) is 53.2 Å². The molecule has 0 spiro atoms. The lowest BCUT2D eigenvalue weighted by molar-refractivity contribution is -0.116. The summed E-state index contributed by atoms with van der Waals surface area (Å²) < 4.78 is 7.31. The van der Waals surface area contributed by atoms with Crippen LogP contribution in [0.15, 0.2) is 54.0 Å². The first-order valence-electron chi connectivity index (χ1n) is 11.1. The van der Waals surface area contributed by atoms with Gasteiger partial charge in [-0.2, -0.15) is 0 Å². The Bertz CT molecular complexity index is 1290. The number of aromatic nitrogens is 2. The second-order valence-electron chi connectivity index (χ2n) is 7.75. The molecule has 1 amide bonds. The number of hydrogen-bond donors (Lipinski definition) is 1. The van der Waals surface area contributed by atoms with E-state index in [4.69, 9.17) is 4.74 Å². The number of amides is 1.